The number of aromatic nitrogens is 2. The number of unbranched alkanes of at least 4 members (excludes halogenated alkanes) is 2. The Bertz CT molecular complexity index is 680. The average Bonchev–Trinajstić information content (AvgIpc) is 2.93. The number of sulfonamides is 1. The molecule has 0 aromatic carbocycles. The van der Waals surface area contributed by atoms with Gasteiger partial charge in [-0.2, -0.15) is 4.31 Å². The summed E-state index contributed by atoms with van der Waals surface area (Å²) in [5.41, 5.74) is 0. The number of nitrogens with zero attached hydrogens (tertiary/aromatic N) is 3. The van der Waals surface area contributed by atoms with E-state index in [1.54, 1.807) is 11.6 Å². The smallest absolute Gasteiger partial charge is 0.262 e. The summed E-state index contributed by atoms with van der Waals surface area (Å²) in [6, 6.07) is 0. The van der Waals surface area contributed by atoms with E-state index in [4.69, 9.17) is 16.7 Å². The molecule has 0 unspecified atom stereocenters. The molecule has 0 aliphatic heterocycles. The number of fused-ring (bicyclic) bond motifs is 1. The first kappa shape index (κ1) is 15.7. The van der Waals surface area contributed by atoms with Crippen molar-refractivity contribution in [3.05, 3.63) is 16.7 Å². The number of rotatable bonds is 7. The summed E-state index contributed by atoms with van der Waals surface area (Å²) in [5.74, 6) is 0. The second kappa shape index (κ2) is 6.40. The summed E-state index contributed by atoms with van der Waals surface area (Å²) >= 11 is 7.29. The van der Waals surface area contributed by atoms with Gasteiger partial charge in [0.1, 0.15) is 0 Å². The van der Waals surface area contributed by atoms with Gasteiger partial charge in [-0.05, 0) is 19.3 Å². The maximum atomic E-state index is 12.5. The van der Waals surface area contributed by atoms with Gasteiger partial charge in [0.05, 0.1) is 0 Å². The fraction of sp³-hybridized carbons (Fsp3) is 0.545. The SMILES string of the molecule is CN(CCCCCO)S(=O)(=O)c1c(Cl)nc2sccn12. The minimum atomic E-state index is -3.66. The third-order valence-corrected chi connectivity index (χ3v) is 5.98. The quantitative estimate of drug-likeness (QED) is 0.782. The first-order chi connectivity index (χ1) is 9.48. The monoisotopic (exact) mass is 337 g/mol. The van der Waals surface area contributed by atoms with E-state index < -0.39 is 10.0 Å². The van der Waals surface area contributed by atoms with Gasteiger partial charge in [0.2, 0.25) is 0 Å². The molecular weight excluding hydrogens is 322 g/mol. The van der Waals surface area contributed by atoms with Crippen LogP contribution in [0.15, 0.2) is 16.6 Å². The van der Waals surface area contributed by atoms with Crippen molar-refractivity contribution in [2.24, 2.45) is 0 Å². The Labute approximate surface area is 126 Å². The average molecular weight is 338 g/mol. The number of hydrogen-bond acceptors (Lipinski definition) is 5. The molecule has 0 aliphatic rings. The molecule has 9 heteroatoms. The summed E-state index contributed by atoms with van der Waals surface area (Å²) in [5, 5.41) is 10.5. The zero-order valence-electron chi connectivity index (χ0n) is 11.0. The number of hydrogen-bond donors (Lipinski definition) is 1. The lowest BCUT2D eigenvalue weighted by Crippen LogP contribution is -2.29. The van der Waals surface area contributed by atoms with E-state index in [9.17, 15) is 8.42 Å². The first-order valence-corrected chi connectivity index (χ1v) is 8.86. The van der Waals surface area contributed by atoms with E-state index in [2.05, 4.69) is 4.98 Å². The number of thiazole rings is 1. The molecule has 0 aliphatic carbocycles. The van der Waals surface area contributed by atoms with Crippen LogP contribution in [0.4, 0.5) is 0 Å². The molecule has 6 nitrogen and oxygen atoms in total. The van der Waals surface area contributed by atoms with Crippen molar-refractivity contribution in [2.45, 2.75) is 24.3 Å². The molecule has 20 heavy (non-hydrogen) atoms. The van der Waals surface area contributed by atoms with E-state index in [0.29, 0.717) is 24.3 Å². The van der Waals surface area contributed by atoms with Crippen LogP contribution in [0.5, 0.6) is 0 Å². The van der Waals surface area contributed by atoms with Crippen LogP contribution in [-0.4, -0.2) is 47.4 Å². The predicted molar refractivity (Wildman–Crippen MR) is 78.8 cm³/mol. The Balaban J connectivity index is 2.21. The minimum Gasteiger partial charge on any atom is -0.396 e. The highest BCUT2D eigenvalue weighted by Gasteiger charge is 2.28. The molecule has 0 atom stereocenters. The van der Waals surface area contributed by atoms with Crippen LogP contribution in [0.25, 0.3) is 4.96 Å². The van der Waals surface area contributed by atoms with Crippen molar-refractivity contribution in [1.29, 1.82) is 0 Å². The molecule has 0 fully saturated rings. The molecule has 0 saturated heterocycles. The standard InChI is InChI=1S/C11H16ClN3O3S2/c1-14(5-3-2-4-7-16)20(17,18)10-9(12)13-11-15(10)6-8-19-11/h6,8,16H,2-5,7H2,1H3. The molecule has 2 aromatic rings. The second-order valence-electron chi connectivity index (χ2n) is 4.37. The highest BCUT2D eigenvalue weighted by atomic mass is 35.5. The zero-order chi connectivity index (χ0) is 14.8. The molecule has 0 spiro atoms. The number of imidazole rings is 1. The molecular formula is C11H16ClN3O3S2. The van der Waals surface area contributed by atoms with Crippen molar-refractivity contribution < 1.29 is 13.5 Å². The van der Waals surface area contributed by atoms with Crippen LogP contribution in [0.1, 0.15) is 19.3 Å². The van der Waals surface area contributed by atoms with Crippen molar-refractivity contribution >= 4 is 37.9 Å². The molecule has 112 valence electrons. The van der Waals surface area contributed by atoms with Gasteiger partial charge >= 0.3 is 0 Å². The number of aliphatic hydroxyl groups excluding tert-OH is 1. The van der Waals surface area contributed by atoms with Gasteiger partial charge < -0.3 is 5.11 Å². The van der Waals surface area contributed by atoms with E-state index in [-0.39, 0.29) is 16.8 Å². The molecule has 2 aromatic heterocycles. The highest BCUT2D eigenvalue weighted by molar-refractivity contribution is 7.89. The Morgan fingerprint density at radius 1 is 1.45 bits per heavy atom. The molecule has 0 bridgehead atoms. The molecule has 1 N–H and O–H groups in total. The lowest BCUT2D eigenvalue weighted by atomic mass is 10.2. The molecule has 0 saturated carbocycles. The Morgan fingerprint density at radius 3 is 2.90 bits per heavy atom. The summed E-state index contributed by atoms with van der Waals surface area (Å²) in [6.07, 6.45) is 3.80. The van der Waals surface area contributed by atoms with Crippen molar-refractivity contribution in [1.82, 2.24) is 13.7 Å². The van der Waals surface area contributed by atoms with Crippen molar-refractivity contribution in [2.75, 3.05) is 20.2 Å². The fourth-order valence-corrected chi connectivity index (χ4v) is 4.46. The van der Waals surface area contributed by atoms with E-state index >= 15 is 0 Å². The van der Waals surface area contributed by atoms with E-state index in [1.807, 2.05) is 0 Å². The zero-order valence-corrected chi connectivity index (χ0v) is 13.4. The van der Waals surface area contributed by atoms with Crippen LogP contribution in [0.3, 0.4) is 0 Å². The number of aliphatic hydroxyl groups is 1. The molecule has 2 rings (SSSR count). The maximum absolute atomic E-state index is 12.5. The van der Waals surface area contributed by atoms with Gasteiger partial charge in [-0.1, -0.05) is 11.6 Å². The van der Waals surface area contributed by atoms with Crippen molar-refractivity contribution in [3.63, 3.8) is 0 Å². The third-order valence-electron chi connectivity index (χ3n) is 2.96. The summed E-state index contributed by atoms with van der Waals surface area (Å²) < 4.78 is 27.8. The minimum absolute atomic E-state index is 0.000872. The lowest BCUT2D eigenvalue weighted by Gasteiger charge is -2.16. The Hall–Kier alpha value is -0.670. The summed E-state index contributed by atoms with van der Waals surface area (Å²) in [4.78, 5) is 4.60. The van der Waals surface area contributed by atoms with Gasteiger partial charge in [0, 0.05) is 31.8 Å². The predicted octanol–water partition coefficient (Wildman–Crippen LogP) is 1.83. The number of halogens is 1. The third kappa shape index (κ3) is 2.99. The van der Waals surface area contributed by atoms with Gasteiger partial charge in [0.15, 0.2) is 15.1 Å². The second-order valence-corrected chi connectivity index (χ2v) is 7.57. The highest BCUT2D eigenvalue weighted by Crippen LogP contribution is 2.27. The van der Waals surface area contributed by atoms with Gasteiger partial charge in [0.25, 0.3) is 10.0 Å². The lowest BCUT2D eigenvalue weighted by molar-refractivity contribution is 0.281. The normalized spacial score (nSPS) is 12.6. The molecule has 0 amide bonds. The summed E-state index contributed by atoms with van der Waals surface area (Å²) in [7, 11) is -2.14. The van der Waals surface area contributed by atoms with Gasteiger partial charge in [-0.25, -0.2) is 13.4 Å². The van der Waals surface area contributed by atoms with Gasteiger partial charge in [-0.3, -0.25) is 4.40 Å². The van der Waals surface area contributed by atoms with E-state index in [0.717, 1.165) is 6.42 Å². The maximum Gasteiger partial charge on any atom is 0.262 e. The largest absolute Gasteiger partial charge is 0.396 e. The van der Waals surface area contributed by atoms with Crippen LogP contribution < -0.4 is 0 Å². The van der Waals surface area contributed by atoms with E-state index in [1.165, 1.54) is 27.1 Å². The molecule has 2 heterocycles. The van der Waals surface area contributed by atoms with Crippen LogP contribution in [0, 0.1) is 0 Å². The van der Waals surface area contributed by atoms with Crippen LogP contribution in [-0.2, 0) is 10.0 Å². The Kier molecular flexibility index (Phi) is 5.03. The van der Waals surface area contributed by atoms with Gasteiger partial charge in [-0.15, -0.1) is 11.3 Å². The van der Waals surface area contributed by atoms with Crippen LogP contribution >= 0.6 is 22.9 Å². The first-order valence-electron chi connectivity index (χ1n) is 6.16. The Morgan fingerprint density at radius 2 is 2.20 bits per heavy atom. The fourth-order valence-electron chi connectivity index (χ4n) is 1.86. The summed E-state index contributed by atoms with van der Waals surface area (Å²) in [6.45, 7) is 0.510. The van der Waals surface area contributed by atoms with Crippen LogP contribution in [0.2, 0.25) is 5.15 Å². The topological polar surface area (TPSA) is 74.9 Å². The van der Waals surface area contributed by atoms with Crippen molar-refractivity contribution in [3.8, 4) is 0 Å². The molecule has 0 radical (unpaired) electrons.